The van der Waals surface area contributed by atoms with E-state index < -0.39 is 0 Å². The fraction of sp³-hybridized carbons (Fsp3) is 0.381. The molecule has 1 fully saturated rings. The second kappa shape index (κ2) is 11.4. The highest BCUT2D eigenvalue weighted by Gasteiger charge is 2.42. The van der Waals surface area contributed by atoms with Crippen molar-refractivity contribution >= 4 is 11.4 Å². The largest absolute Gasteiger partial charge is 0.337 e. The first-order chi connectivity index (χ1) is 22.3. The summed E-state index contributed by atoms with van der Waals surface area (Å²) in [5.74, 6) is 0.331. The Labute approximate surface area is 280 Å². The molecule has 3 heterocycles. The summed E-state index contributed by atoms with van der Waals surface area (Å²) >= 11 is 0. The van der Waals surface area contributed by atoms with Crippen molar-refractivity contribution in [2.75, 3.05) is 4.90 Å². The van der Waals surface area contributed by atoms with Crippen molar-refractivity contribution in [3.8, 4) is 22.5 Å². The van der Waals surface area contributed by atoms with E-state index in [1.807, 2.05) is 13.8 Å². The van der Waals surface area contributed by atoms with Crippen LogP contribution < -0.4 is 4.90 Å². The van der Waals surface area contributed by atoms with Crippen LogP contribution in [-0.4, -0.2) is 26.0 Å². The van der Waals surface area contributed by atoms with E-state index in [2.05, 4.69) is 115 Å². The van der Waals surface area contributed by atoms with Crippen LogP contribution in [0.3, 0.4) is 0 Å². The number of fused-ring (bicyclic) bond motifs is 2. The molecule has 47 heavy (non-hydrogen) atoms. The van der Waals surface area contributed by atoms with Crippen molar-refractivity contribution in [2.24, 2.45) is 0 Å². The topological polar surface area (TPSA) is 54.8 Å². The Balaban J connectivity index is 1.43. The van der Waals surface area contributed by atoms with Gasteiger partial charge in [0, 0.05) is 39.9 Å². The fourth-order valence-electron chi connectivity index (χ4n) is 8.11. The van der Waals surface area contributed by atoms with E-state index in [9.17, 15) is 0 Å². The lowest BCUT2D eigenvalue weighted by atomic mass is 9.72. The molecule has 5 aromatic rings. The third kappa shape index (κ3) is 5.24. The van der Waals surface area contributed by atoms with E-state index >= 15 is 0 Å². The number of hydrogen-bond donors (Lipinski definition) is 0. The monoisotopic (exact) mass is 621 g/mol. The van der Waals surface area contributed by atoms with Crippen LogP contribution in [-0.2, 0) is 5.41 Å². The zero-order chi connectivity index (χ0) is 33.4. The van der Waals surface area contributed by atoms with Crippen molar-refractivity contribution in [1.29, 1.82) is 0 Å². The molecule has 2 atom stereocenters. The average molecular weight is 622 g/mol. The fourth-order valence-corrected chi connectivity index (χ4v) is 8.11. The molecular weight excluding hydrogens is 574 g/mol. The lowest BCUT2D eigenvalue weighted by molar-refractivity contribution is 0.561. The molecule has 1 saturated carbocycles. The van der Waals surface area contributed by atoms with Gasteiger partial charge in [-0.1, -0.05) is 55.7 Å². The van der Waals surface area contributed by atoms with Crippen LogP contribution in [0.4, 0.5) is 11.4 Å². The third-order valence-corrected chi connectivity index (χ3v) is 10.9. The number of nitrogens with zero attached hydrogens (tertiary/aromatic N) is 5. The molecule has 0 N–H and O–H groups in total. The van der Waals surface area contributed by atoms with Gasteiger partial charge in [0.05, 0.1) is 45.6 Å². The van der Waals surface area contributed by atoms with E-state index in [1.165, 1.54) is 45.6 Å². The molecule has 0 bridgehead atoms. The minimum atomic E-state index is -0.0839. The Morgan fingerprint density at radius 3 is 1.51 bits per heavy atom. The van der Waals surface area contributed by atoms with Crippen molar-refractivity contribution in [3.63, 3.8) is 0 Å². The van der Waals surface area contributed by atoms with E-state index in [-0.39, 0.29) is 5.41 Å². The average Bonchev–Trinajstić information content (AvgIpc) is 3.51. The number of aromatic nitrogens is 4. The molecule has 2 unspecified atom stereocenters. The molecule has 0 amide bonds. The first kappa shape index (κ1) is 31.2. The summed E-state index contributed by atoms with van der Waals surface area (Å²) in [6, 6.07) is 21.5. The second-order valence-corrected chi connectivity index (χ2v) is 14.6. The molecule has 0 spiro atoms. The maximum Gasteiger partial charge on any atom is 0.0918 e. The van der Waals surface area contributed by atoms with Gasteiger partial charge in [0.1, 0.15) is 0 Å². The lowest BCUT2D eigenvalue weighted by Gasteiger charge is -2.46. The van der Waals surface area contributed by atoms with Gasteiger partial charge in [0.25, 0.3) is 0 Å². The number of rotatable bonds is 4. The molecule has 2 aliphatic rings. The molecule has 0 saturated heterocycles. The molecule has 0 radical (unpaired) electrons. The first-order valence-electron chi connectivity index (χ1n) is 17.1. The molecule has 1 aliphatic carbocycles. The van der Waals surface area contributed by atoms with Crippen LogP contribution in [0.1, 0.15) is 101 Å². The van der Waals surface area contributed by atoms with Gasteiger partial charge in [0.2, 0.25) is 0 Å². The summed E-state index contributed by atoms with van der Waals surface area (Å²) in [6.45, 7) is 21.6. The van der Waals surface area contributed by atoms with Crippen LogP contribution in [0.15, 0.2) is 54.6 Å². The molecule has 240 valence electrons. The minimum absolute atomic E-state index is 0.0839. The van der Waals surface area contributed by atoms with Gasteiger partial charge in [-0.2, -0.15) is 0 Å². The highest BCUT2D eigenvalue weighted by atomic mass is 15.2. The van der Waals surface area contributed by atoms with Gasteiger partial charge in [-0.3, -0.25) is 9.97 Å². The van der Waals surface area contributed by atoms with Gasteiger partial charge in [0.15, 0.2) is 0 Å². The Bertz CT molecular complexity index is 1920. The summed E-state index contributed by atoms with van der Waals surface area (Å²) in [5.41, 5.74) is 19.3. The maximum atomic E-state index is 5.09. The molecule has 2 aromatic heterocycles. The van der Waals surface area contributed by atoms with Gasteiger partial charge in [-0.25, -0.2) is 9.97 Å². The quantitative estimate of drug-likeness (QED) is 0.200. The number of hydrogen-bond acceptors (Lipinski definition) is 5. The highest BCUT2D eigenvalue weighted by molar-refractivity contribution is 5.80. The second-order valence-electron chi connectivity index (χ2n) is 14.6. The molecule has 1 aliphatic heterocycles. The van der Waals surface area contributed by atoms with Crippen molar-refractivity contribution < 1.29 is 0 Å². The smallest absolute Gasteiger partial charge is 0.0918 e. The van der Waals surface area contributed by atoms with E-state index in [0.29, 0.717) is 12.0 Å². The summed E-state index contributed by atoms with van der Waals surface area (Å²) < 4.78 is 0. The maximum absolute atomic E-state index is 5.09. The summed E-state index contributed by atoms with van der Waals surface area (Å²) in [5, 5.41) is 0. The number of aryl methyl sites for hydroxylation is 8. The first-order valence-corrected chi connectivity index (χ1v) is 17.1. The van der Waals surface area contributed by atoms with Crippen molar-refractivity contribution in [2.45, 2.75) is 106 Å². The van der Waals surface area contributed by atoms with Crippen LogP contribution in [0.2, 0.25) is 0 Å². The SMILES string of the molecule is Cc1ccc2c(c1)C(C)(C)c1cc(C)ccc1N2C1CCCC1c1cc(-c2nc(C)c(C)nc2C)cc(-c2nc(C)c(C)nc2C)c1. The standard InChI is InChI=1S/C42H47N5/c1-23-14-16-38-35(18-23)42(9,10)36-19-24(2)15-17-39(36)47(38)37-13-11-12-34(37)31-20-32(40-29(7)43-25(3)27(5)45-40)22-33(21-31)41-30(8)44-26(4)28(6)46-41/h14-22,34,37H,11-13H2,1-10H3. The molecule has 7 rings (SSSR count). The van der Waals surface area contributed by atoms with E-state index in [1.54, 1.807) is 0 Å². The zero-order valence-electron chi connectivity index (χ0n) is 29.7. The lowest BCUT2D eigenvalue weighted by Crippen LogP contribution is -2.40. The van der Waals surface area contributed by atoms with Crippen LogP contribution in [0, 0.1) is 55.4 Å². The zero-order valence-corrected chi connectivity index (χ0v) is 29.7. The molecule has 5 nitrogen and oxygen atoms in total. The van der Waals surface area contributed by atoms with Gasteiger partial charge >= 0.3 is 0 Å². The van der Waals surface area contributed by atoms with Crippen LogP contribution in [0.25, 0.3) is 22.5 Å². The van der Waals surface area contributed by atoms with Crippen molar-refractivity contribution in [1.82, 2.24) is 19.9 Å². The molecule has 5 heteroatoms. The number of benzene rings is 3. The van der Waals surface area contributed by atoms with E-state index in [4.69, 9.17) is 19.9 Å². The van der Waals surface area contributed by atoms with Crippen LogP contribution >= 0.6 is 0 Å². The summed E-state index contributed by atoms with van der Waals surface area (Å²) in [4.78, 5) is 22.7. The van der Waals surface area contributed by atoms with Gasteiger partial charge in [-0.05, 0) is 115 Å². The Hall–Kier alpha value is -4.38. The Morgan fingerprint density at radius 2 is 1.02 bits per heavy atom. The predicted octanol–water partition coefficient (Wildman–Crippen LogP) is 10.2. The molecular formula is C42H47N5. The molecule has 3 aromatic carbocycles. The Morgan fingerprint density at radius 1 is 0.553 bits per heavy atom. The van der Waals surface area contributed by atoms with Crippen LogP contribution in [0.5, 0.6) is 0 Å². The Kier molecular flexibility index (Phi) is 7.57. The third-order valence-electron chi connectivity index (χ3n) is 10.9. The summed E-state index contributed by atoms with van der Waals surface area (Å²) in [6.07, 6.45) is 3.45. The predicted molar refractivity (Wildman–Crippen MR) is 194 cm³/mol. The van der Waals surface area contributed by atoms with Gasteiger partial charge < -0.3 is 4.90 Å². The van der Waals surface area contributed by atoms with E-state index in [0.717, 1.165) is 69.5 Å². The normalized spacial score (nSPS) is 18.3. The highest BCUT2D eigenvalue weighted by Crippen LogP contribution is 2.54. The van der Waals surface area contributed by atoms with Crippen molar-refractivity contribution in [3.05, 3.63) is 117 Å². The number of anilines is 2. The minimum Gasteiger partial charge on any atom is -0.337 e. The van der Waals surface area contributed by atoms with Gasteiger partial charge in [-0.15, -0.1) is 0 Å². The summed E-state index contributed by atoms with van der Waals surface area (Å²) in [7, 11) is 0.